The number of aliphatic hydroxyl groups is 1. The second kappa shape index (κ2) is 9.93. The van der Waals surface area contributed by atoms with Crippen LogP contribution in [0, 0.1) is 5.41 Å². The molecule has 7 heteroatoms. The Hall–Kier alpha value is -3.32. The summed E-state index contributed by atoms with van der Waals surface area (Å²) >= 11 is 0. The lowest BCUT2D eigenvalue weighted by atomic mass is 9.92. The summed E-state index contributed by atoms with van der Waals surface area (Å²) < 4.78 is 5.82. The zero-order chi connectivity index (χ0) is 21.5. The van der Waals surface area contributed by atoms with Crippen molar-refractivity contribution in [2.45, 2.75) is 37.8 Å². The maximum absolute atomic E-state index is 9.94. The Morgan fingerprint density at radius 2 is 1.73 bits per heavy atom. The third kappa shape index (κ3) is 5.39. The van der Waals surface area contributed by atoms with Gasteiger partial charge in [0.1, 0.15) is 23.2 Å². The second-order valence-electron chi connectivity index (χ2n) is 7.38. The quantitative estimate of drug-likeness (QED) is 0.371. The van der Waals surface area contributed by atoms with Gasteiger partial charge in [0.05, 0.1) is 17.4 Å². The van der Waals surface area contributed by atoms with E-state index in [0.717, 1.165) is 25.0 Å². The average molecular weight is 408 g/mol. The van der Waals surface area contributed by atoms with Gasteiger partial charge in [0, 0.05) is 13.1 Å². The zero-order valence-electron chi connectivity index (χ0n) is 17.1. The first-order valence-corrected chi connectivity index (χ1v) is 10.1. The van der Waals surface area contributed by atoms with Crippen LogP contribution in [-0.2, 0) is 0 Å². The molecule has 1 fully saturated rings. The highest BCUT2D eigenvalue weighted by atomic mass is 16.5. The van der Waals surface area contributed by atoms with E-state index in [1.807, 2.05) is 54.6 Å². The number of hydrogen-bond donors (Lipinski definition) is 5. The van der Waals surface area contributed by atoms with Gasteiger partial charge >= 0.3 is 0 Å². The maximum atomic E-state index is 9.94. The first kappa shape index (κ1) is 21.4. The van der Waals surface area contributed by atoms with Crippen molar-refractivity contribution in [2.75, 3.05) is 7.05 Å². The lowest BCUT2D eigenvalue weighted by Gasteiger charge is -2.28. The molecule has 2 unspecified atom stereocenters. The van der Waals surface area contributed by atoms with Gasteiger partial charge in [-0.3, -0.25) is 10.4 Å². The van der Waals surface area contributed by atoms with Gasteiger partial charge in [0.2, 0.25) is 0 Å². The highest BCUT2D eigenvalue weighted by Crippen LogP contribution is 2.24. The molecule has 0 bridgehead atoms. The number of hydrogen-bond acceptors (Lipinski definition) is 5. The number of amidine groups is 2. The van der Waals surface area contributed by atoms with E-state index in [-0.39, 0.29) is 18.0 Å². The van der Waals surface area contributed by atoms with Crippen LogP contribution in [0.3, 0.4) is 0 Å². The molecule has 158 valence electrons. The molecule has 0 heterocycles. The molecule has 7 N–H and O–H groups in total. The van der Waals surface area contributed by atoms with Crippen molar-refractivity contribution in [3.05, 3.63) is 65.7 Å². The normalized spacial score (nSPS) is 20.3. The molecule has 0 amide bonds. The van der Waals surface area contributed by atoms with Gasteiger partial charge in [-0.2, -0.15) is 0 Å². The minimum atomic E-state index is -0.325. The summed E-state index contributed by atoms with van der Waals surface area (Å²) in [6.45, 7) is 0. The molecule has 0 aliphatic heterocycles. The minimum Gasteiger partial charge on any atom is -0.457 e. The predicted octanol–water partition coefficient (Wildman–Crippen LogP) is 3.01. The SMILES string of the molecule is CN=C(NC1CCCC(O)C1)C(C(=N)N)=C(N)c1ccc(Oc2ccccc2)cc1. The molecule has 2 atom stereocenters. The molecule has 1 saturated carbocycles. The minimum absolute atomic E-state index is 0.0660. The lowest BCUT2D eigenvalue weighted by Crippen LogP contribution is -2.43. The van der Waals surface area contributed by atoms with Crippen LogP contribution in [0.4, 0.5) is 0 Å². The Labute approximate surface area is 177 Å². The Kier molecular flexibility index (Phi) is 7.08. The van der Waals surface area contributed by atoms with E-state index >= 15 is 0 Å². The van der Waals surface area contributed by atoms with Crippen LogP contribution in [-0.4, -0.2) is 36.0 Å². The van der Waals surface area contributed by atoms with Crippen LogP contribution in [0.25, 0.3) is 5.70 Å². The predicted molar refractivity (Wildman–Crippen MR) is 121 cm³/mol. The molecule has 1 aliphatic rings. The largest absolute Gasteiger partial charge is 0.457 e. The van der Waals surface area contributed by atoms with Crippen molar-refractivity contribution in [2.24, 2.45) is 16.5 Å². The number of benzene rings is 2. The Morgan fingerprint density at radius 1 is 1.07 bits per heavy atom. The molecule has 0 spiro atoms. The standard InChI is InChI=1S/C23H29N5O2/c1-27-23(28-16-6-5-7-17(29)14-16)20(22(25)26)21(24)15-10-12-19(13-11-15)30-18-8-3-2-4-9-18/h2-4,8-13,16-17,29H,5-7,14,24H2,1H3,(H3,25,26)(H,27,28). The van der Waals surface area contributed by atoms with Crippen molar-refractivity contribution in [1.82, 2.24) is 5.32 Å². The summed E-state index contributed by atoms with van der Waals surface area (Å²) in [4.78, 5) is 4.29. The fourth-order valence-electron chi connectivity index (χ4n) is 3.61. The van der Waals surface area contributed by atoms with E-state index in [1.54, 1.807) is 7.05 Å². The molecule has 2 aromatic carbocycles. The molecule has 2 aromatic rings. The number of aliphatic hydroxyl groups excluding tert-OH is 1. The first-order valence-electron chi connectivity index (χ1n) is 10.1. The summed E-state index contributed by atoms with van der Waals surface area (Å²) in [6, 6.07) is 16.9. The molecule has 1 aliphatic carbocycles. The van der Waals surface area contributed by atoms with Gasteiger partial charge in [0.15, 0.2) is 0 Å². The van der Waals surface area contributed by atoms with Gasteiger partial charge in [-0.05, 0) is 67.6 Å². The monoisotopic (exact) mass is 407 g/mol. The van der Waals surface area contributed by atoms with Crippen LogP contribution in [0.1, 0.15) is 31.2 Å². The number of nitrogens with one attached hydrogen (secondary N) is 2. The van der Waals surface area contributed by atoms with Gasteiger partial charge in [-0.1, -0.05) is 18.2 Å². The summed E-state index contributed by atoms with van der Waals surface area (Å²) in [5, 5.41) is 21.3. The van der Waals surface area contributed by atoms with Crippen LogP contribution in [0.15, 0.2) is 65.2 Å². The zero-order valence-corrected chi connectivity index (χ0v) is 17.1. The maximum Gasteiger partial charge on any atom is 0.134 e. The lowest BCUT2D eigenvalue weighted by molar-refractivity contribution is 0.116. The summed E-state index contributed by atoms with van der Waals surface area (Å²) in [7, 11) is 1.63. The average Bonchev–Trinajstić information content (AvgIpc) is 2.74. The topological polar surface area (TPSA) is 130 Å². The van der Waals surface area contributed by atoms with E-state index in [2.05, 4.69) is 10.3 Å². The van der Waals surface area contributed by atoms with Crippen molar-refractivity contribution in [3.63, 3.8) is 0 Å². The molecule has 7 nitrogen and oxygen atoms in total. The fourth-order valence-corrected chi connectivity index (χ4v) is 3.61. The van der Waals surface area contributed by atoms with Crippen LogP contribution in [0.5, 0.6) is 11.5 Å². The Morgan fingerprint density at radius 3 is 2.33 bits per heavy atom. The van der Waals surface area contributed by atoms with Gasteiger partial charge in [-0.15, -0.1) is 0 Å². The highest BCUT2D eigenvalue weighted by molar-refractivity contribution is 6.25. The van der Waals surface area contributed by atoms with E-state index in [1.165, 1.54) is 0 Å². The van der Waals surface area contributed by atoms with Gasteiger partial charge < -0.3 is 26.6 Å². The van der Waals surface area contributed by atoms with Crippen molar-refractivity contribution < 1.29 is 9.84 Å². The van der Waals surface area contributed by atoms with Crippen molar-refractivity contribution in [1.29, 1.82) is 5.41 Å². The number of rotatable bonds is 6. The molecule has 3 rings (SSSR count). The molecule has 0 aromatic heterocycles. The molecule has 30 heavy (non-hydrogen) atoms. The van der Waals surface area contributed by atoms with E-state index < -0.39 is 0 Å². The van der Waals surface area contributed by atoms with Crippen LogP contribution >= 0.6 is 0 Å². The number of nitrogens with zero attached hydrogens (tertiary/aromatic N) is 1. The smallest absolute Gasteiger partial charge is 0.134 e. The van der Waals surface area contributed by atoms with Gasteiger partial charge in [0.25, 0.3) is 0 Å². The number of para-hydroxylation sites is 1. The van der Waals surface area contributed by atoms with Crippen molar-refractivity contribution in [3.8, 4) is 11.5 Å². The molecule has 0 radical (unpaired) electrons. The van der Waals surface area contributed by atoms with Crippen LogP contribution < -0.4 is 21.5 Å². The Bertz CT molecular complexity index is 922. The number of ether oxygens (including phenoxy) is 1. The molecular formula is C23H29N5O2. The third-order valence-electron chi connectivity index (χ3n) is 5.13. The molecular weight excluding hydrogens is 378 g/mol. The third-order valence-corrected chi connectivity index (χ3v) is 5.13. The number of aliphatic imine (C=N–C) groups is 1. The number of nitrogens with two attached hydrogens (primary N) is 2. The van der Waals surface area contributed by atoms with E-state index in [9.17, 15) is 5.11 Å². The van der Waals surface area contributed by atoms with Gasteiger partial charge in [-0.25, -0.2) is 0 Å². The summed E-state index contributed by atoms with van der Waals surface area (Å²) in [6.07, 6.45) is 2.98. The summed E-state index contributed by atoms with van der Waals surface area (Å²) in [5.74, 6) is 1.73. The second-order valence-corrected chi connectivity index (χ2v) is 7.38. The van der Waals surface area contributed by atoms with E-state index in [4.69, 9.17) is 21.6 Å². The van der Waals surface area contributed by atoms with Crippen LogP contribution in [0.2, 0.25) is 0 Å². The van der Waals surface area contributed by atoms with E-state index in [0.29, 0.717) is 34.8 Å². The fraction of sp³-hybridized carbons (Fsp3) is 0.304. The Balaban J connectivity index is 1.81. The highest BCUT2D eigenvalue weighted by Gasteiger charge is 2.24. The molecule has 0 saturated heterocycles. The van der Waals surface area contributed by atoms with Crippen molar-refractivity contribution >= 4 is 17.4 Å². The summed E-state index contributed by atoms with van der Waals surface area (Å²) in [5.41, 5.74) is 13.7. The first-order chi connectivity index (χ1) is 14.5.